The van der Waals surface area contributed by atoms with E-state index in [4.69, 9.17) is 5.11 Å². The van der Waals surface area contributed by atoms with E-state index in [1.54, 1.807) is 12.1 Å². The lowest BCUT2D eigenvalue weighted by Gasteiger charge is -2.15. The molecule has 0 spiro atoms. The lowest BCUT2D eigenvalue weighted by atomic mass is 10.1. The largest absolute Gasteiger partial charge is 0.481 e. The molecule has 5 heteroatoms. The van der Waals surface area contributed by atoms with Crippen LogP contribution in [0, 0.1) is 11.7 Å². The van der Waals surface area contributed by atoms with E-state index in [1.807, 2.05) is 4.90 Å². The summed E-state index contributed by atoms with van der Waals surface area (Å²) < 4.78 is 14.4. The average molecular weight is 302 g/mol. The first kappa shape index (κ1) is 12.5. The minimum atomic E-state index is -0.762. The van der Waals surface area contributed by atoms with Gasteiger partial charge >= 0.3 is 5.97 Å². The normalized spacial score (nSPS) is 20.7. The summed E-state index contributed by atoms with van der Waals surface area (Å²) >= 11 is 3.30. The van der Waals surface area contributed by atoms with Crippen molar-refractivity contribution in [2.75, 3.05) is 13.1 Å². The molecule has 3 nitrogen and oxygen atoms in total. The molecule has 1 N–H and O–H groups in total. The molecule has 2 rings (SSSR count). The summed E-state index contributed by atoms with van der Waals surface area (Å²) in [4.78, 5) is 12.8. The van der Waals surface area contributed by atoms with Crippen LogP contribution in [0.25, 0.3) is 0 Å². The van der Waals surface area contributed by atoms with Crippen LogP contribution in [0.4, 0.5) is 4.39 Å². The van der Waals surface area contributed by atoms with Crippen LogP contribution in [-0.2, 0) is 11.3 Å². The fourth-order valence-corrected chi connectivity index (χ4v) is 2.49. The number of hydrogen-bond donors (Lipinski definition) is 1. The molecule has 0 aliphatic carbocycles. The molecule has 1 aromatic rings. The lowest BCUT2D eigenvalue weighted by molar-refractivity contribution is -0.141. The van der Waals surface area contributed by atoms with E-state index in [-0.39, 0.29) is 11.7 Å². The molecule has 1 aliphatic heterocycles. The van der Waals surface area contributed by atoms with Crippen molar-refractivity contribution in [3.05, 3.63) is 34.1 Å². The second-order valence-corrected chi connectivity index (χ2v) is 5.21. The number of hydrogen-bond acceptors (Lipinski definition) is 2. The molecular formula is C12H13BrFNO2. The maximum atomic E-state index is 13.5. The molecule has 1 unspecified atom stereocenters. The topological polar surface area (TPSA) is 40.5 Å². The molecule has 1 aromatic carbocycles. The molecule has 0 radical (unpaired) electrons. The average Bonchev–Trinajstić information content (AvgIpc) is 2.72. The van der Waals surface area contributed by atoms with E-state index in [0.717, 1.165) is 4.47 Å². The van der Waals surface area contributed by atoms with Crippen LogP contribution in [0.2, 0.25) is 0 Å². The first-order valence-electron chi connectivity index (χ1n) is 5.45. The summed E-state index contributed by atoms with van der Waals surface area (Å²) in [6.45, 7) is 1.68. The summed E-state index contributed by atoms with van der Waals surface area (Å²) in [7, 11) is 0. The third-order valence-corrected chi connectivity index (χ3v) is 3.52. The van der Waals surface area contributed by atoms with Gasteiger partial charge in [0.25, 0.3) is 0 Å². The monoisotopic (exact) mass is 301 g/mol. The summed E-state index contributed by atoms with van der Waals surface area (Å²) in [6, 6.07) is 4.82. The molecule has 1 aliphatic rings. The highest BCUT2D eigenvalue weighted by Crippen LogP contribution is 2.22. The second-order valence-electron chi connectivity index (χ2n) is 4.29. The van der Waals surface area contributed by atoms with Crippen LogP contribution in [0.15, 0.2) is 22.7 Å². The van der Waals surface area contributed by atoms with E-state index in [9.17, 15) is 9.18 Å². The molecule has 1 saturated heterocycles. The Morgan fingerprint density at radius 3 is 3.00 bits per heavy atom. The number of aliphatic carboxylic acids is 1. The zero-order chi connectivity index (χ0) is 12.4. The van der Waals surface area contributed by atoms with Gasteiger partial charge in [-0.3, -0.25) is 9.69 Å². The fraction of sp³-hybridized carbons (Fsp3) is 0.417. The van der Waals surface area contributed by atoms with Crippen LogP contribution >= 0.6 is 15.9 Å². The number of carboxylic acids is 1. The highest BCUT2D eigenvalue weighted by molar-refractivity contribution is 9.10. The Hall–Kier alpha value is -0.940. The quantitative estimate of drug-likeness (QED) is 0.932. The van der Waals surface area contributed by atoms with E-state index in [0.29, 0.717) is 31.6 Å². The fourth-order valence-electron chi connectivity index (χ4n) is 2.08. The van der Waals surface area contributed by atoms with Crippen LogP contribution in [0.3, 0.4) is 0 Å². The van der Waals surface area contributed by atoms with Gasteiger partial charge in [-0.05, 0) is 31.2 Å². The van der Waals surface area contributed by atoms with Crippen molar-refractivity contribution in [2.24, 2.45) is 5.92 Å². The molecule has 0 saturated carbocycles. The van der Waals surface area contributed by atoms with Gasteiger partial charge in [0.05, 0.1) is 5.92 Å². The highest BCUT2D eigenvalue weighted by Gasteiger charge is 2.28. The Labute approximate surface area is 107 Å². The molecule has 92 valence electrons. The van der Waals surface area contributed by atoms with Gasteiger partial charge in [-0.2, -0.15) is 0 Å². The number of rotatable bonds is 3. The number of carboxylic acid groups (broad SMARTS) is 1. The van der Waals surface area contributed by atoms with Crippen LogP contribution in [-0.4, -0.2) is 29.1 Å². The SMILES string of the molecule is O=C(O)C1CCN(Cc2cc(Br)ccc2F)C1. The second kappa shape index (κ2) is 5.14. The standard InChI is InChI=1S/C12H13BrFNO2/c13-10-1-2-11(14)9(5-10)7-15-4-3-8(6-15)12(16)17/h1-2,5,8H,3-4,6-7H2,(H,16,17). The maximum Gasteiger partial charge on any atom is 0.307 e. The van der Waals surface area contributed by atoms with Gasteiger partial charge in [-0.1, -0.05) is 15.9 Å². The van der Waals surface area contributed by atoms with Crippen molar-refractivity contribution in [3.63, 3.8) is 0 Å². The van der Waals surface area contributed by atoms with Crippen molar-refractivity contribution >= 4 is 21.9 Å². The molecule has 0 aromatic heterocycles. The molecular weight excluding hydrogens is 289 g/mol. The smallest absolute Gasteiger partial charge is 0.307 e. The van der Waals surface area contributed by atoms with Crippen LogP contribution < -0.4 is 0 Å². The summed E-state index contributed by atoms with van der Waals surface area (Å²) in [5.41, 5.74) is 0.602. The number of halogens is 2. The molecule has 17 heavy (non-hydrogen) atoms. The summed E-state index contributed by atoms with van der Waals surface area (Å²) in [6.07, 6.45) is 0.644. The number of carbonyl (C=O) groups is 1. The van der Waals surface area contributed by atoms with E-state index in [1.165, 1.54) is 6.07 Å². The zero-order valence-corrected chi connectivity index (χ0v) is 10.8. The molecule has 1 heterocycles. The van der Waals surface area contributed by atoms with Gasteiger partial charge in [0.2, 0.25) is 0 Å². The lowest BCUT2D eigenvalue weighted by Crippen LogP contribution is -2.23. The Kier molecular flexibility index (Phi) is 3.79. The van der Waals surface area contributed by atoms with Gasteiger partial charge in [0.1, 0.15) is 5.82 Å². The predicted octanol–water partition coefficient (Wildman–Crippen LogP) is 2.49. The van der Waals surface area contributed by atoms with Crippen molar-refractivity contribution in [2.45, 2.75) is 13.0 Å². The number of benzene rings is 1. The minimum Gasteiger partial charge on any atom is -0.481 e. The Bertz CT molecular complexity index is 439. The van der Waals surface area contributed by atoms with Crippen molar-refractivity contribution in [3.8, 4) is 0 Å². The maximum absolute atomic E-state index is 13.5. The molecule has 1 fully saturated rings. The zero-order valence-electron chi connectivity index (χ0n) is 9.20. The van der Waals surface area contributed by atoms with Gasteiger partial charge in [0, 0.05) is 23.1 Å². The van der Waals surface area contributed by atoms with Gasteiger partial charge in [-0.25, -0.2) is 4.39 Å². The Morgan fingerprint density at radius 2 is 2.35 bits per heavy atom. The van der Waals surface area contributed by atoms with E-state index in [2.05, 4.69) is 15.9 Å². The van der Waals surface area contributed by atoms with Crippen molar-refractivity contribution in [1.82, 2.24) is 4.90 Å². The van der Waals surface area contributed by atoms with E-state index < -0.39 is 5.97 Å². The van der Waals surface area contributed by atoms with Gasteiger partial charge in [0.15, 0.2) is 0 Å². The predicted molar refractivity (Wildman–Crippen MR) is 65.1 cm³/mol. The highest BCUT2D eigenvalue weighted by atomic mass is 79.9. The molecule has 1 atom stereocenters. The third-order valence-electron chi connectivity index (χ3n) is 3.02. The third kappa shape index (κ3) is 3.04. The first-order valence-corrected chi connectivity index (χ1v) is 6.24. The number of likely N-dealkylation sites (tertiary alicyclic amines) is 1. The van der Waals surface area contributed by atoms with Gasteiger partial charge < -0.3 is 5.11 Å². The van der Waals surface area contributed by atoms with Crippen molar-refractivity contribution in [1.29, 1.82) is 0 Å². The van der Waals surface area contributed by atoms with Crippen LogP contribution in [0.1, 0.15) is 12.0 Å². The van der Waals surface area contributed by atoms with Gasteiger partial charge in [-0.15, -0.1) is 0 Å². The minimum absolute atomic E-state index is 0.244. The van der Waals surface area contributed by atoms with E-state index >= 15 is 0 Å². The molecule has 0 amide bonds. The van der Waals surface area contributed by atoms with Crippen molar-refractivity contribution < 1.29 is 14.3 Å². The summed E-state index contributed by atoms with van der Waals surface area (Å²) in [5, 5.41) is 8.89. The van der Waals surface area contributed by atoms with Crippen LogP contribution in [0.5, 0.6) is 0 Å². The number of nitrogens with zero attached hydrogens (tertiary/aromatic N) is 1. The first-order chi connectivity index (χ1) is 8.06. The Morgan fingerprint density at radius 1 is 1.59 bits per heavy atom. The molecule has 0 bridgehead atoms. The Balaban J connectivity index is 2.02. The summed E-state index contributed by atoms with van der Waals surface area (Å²) in [5.74, 6) is -1.32.